The summed E-state index contributed by atoms with van der Waals surface area (Å²) in [6.45, 7) is 4.55. The van der Waals surface area contributed by atoms with Crippen molar-refractivity contribution < 1.29 is 9.53 Å². The third kappa shape index (κ3) is 3.21. The normalized spacial score (nSPS) is 27.7. The van der Waals surface area contributed by atoms with Crippen LogP contribution in [0.25, 0.3) is 0 Å². The summed E-state index contributed by atoms with van der Waals surface area (Å²) in [5.74, 6) is 0.954. The molecule has 1 aromatic carbocycles. The molecule has 1 fully saturated rings. The second-order valence-corrected chi connectivity index (χ2v) is 7.09. The van der Waals surface area contributed by atoms with Gasteiger partial charge in [-0.25, -0.2) is 0 Å². The van der Waals surface area contributed by atoms with Crippen molar-refractivity contribution in [2.45, 2.75) is 58.1 Å². The molecular weight excluding hydrogens is 264 g/mol. The average Bonchev–Trinajstić information content (AvgIpc) is 2.43. The number of carbonyl (C=O) groups is 1. The highest BCUT2D eigenvalue weighted by Crippen LogP contribution is 2.37. The molecule has 1 aliphatic heterocycles. The van der Waals surface area contributed by atoms with Crippen molar-refractivity contribution in [3.63, 3.8) is 0 Å². The molecule has 1 aliphatic carbocycles. The SMILES string of the molecule is CC1(C)CCC(N)C(Oc2ccc3c(c2)CCC(=O)N3)C1. The van der Waals surface area contributed by atoms with Crippen LogP contribution in [0, 0.1) is 5.41 Å². The maximum Gasteiger partial charge on any atom is 0.224 e. The van der Waals surface area contributed by atoms with E-state index in [0.29, 0.717) is 11.8 Å². The van der Waals surface area contributed by atoms with E-state index in [1.807, 2.05) is 18.2 Å². The molecule has 0 bridgehead atoms. The number of rotatable bonds is 2. The van der Waals surface area contributed by atoms with Gasteiger partial charge in [-0.15, -0.1) is 0 Å². The Morgan fingerprint density at radius 3 is 2.95 bits per heavy atom. The van der Waals surface area contributed by atoms with Gasteiger partial charge in [0, 0.05) is 18.2 Å². The van der Waals surface area contributed by atoms with E-state index >= 15 is 0 Å². The van der Waals surface area contributed by atoms with Crippen LogP contribution in [-0.4, -0.2) is 18.1 Å². The molecule has 2 aliphatic rings. The molecule has 0 spiro atoms. The lowest BCUT2D eigenvalue weighted by atomic mass is 9.74. The highest BCUT2D eigenvalue weighted by Gasteiger charge is 2.34. The Labute approximate surface area is 126 Å². The zero-order valence-electron chi connectivity index (χ0n) is 12.8. The summed E-state index contributed by atoms with van der Waals surface area (Å²) in [7, 11) is 0. The Bertz CT molecular complexity index is 554. The van der Waals surface area contributed by atoms with E-state index in [1.165, 1.54) is 0 Å². The maximum absolute atomic E-state index is 11.4. The Morgan fingerprint density at radius 1 is 1.33 bits per heavy atom. The molecule has 1 saturated carbocycles. The van der Waals surface area contributed by atoms with Crippen LogP contribution in [0.5, 0.6) is 5.75 Å². The smallest absolute Gasteiger partial charge is 0.224 e. The first-order valence-corrected chi connectivity index (χ1v) is 7.78. The van der Waals surface area contributed by atoms with Gasteiger partial charge >= 0.3 is 0 Å². The van der Waals surface area contributed by atoms with Gasteiger partial charge < -0.3 is 15.8 Å². The van der Waals surface area contributed by atoms with E-state index in [2.05, 4.69) is 19.2 Å². The monoisotopic (exact) mass is 288 g/mol. The zero-order valence-corrected chi connectivity index (χ0v) is 12.8. The van der Waals surface area contributed by atoms with Gasteiger partial charge in [0.1, 0.15) is 11.9 Å². The number of anilines is 1. The van der Waals surface area contributed by atoms with E-state index in [0.717, 1.165) is 42.7 Å². The number of fused-ring (bicyclic) bond motifs is 1. The third-order valence-corrected chi connectivity index (χ3v) is 4.65. The van der Waals surface area contributed by atoms with Crippen molar-refractivity contribution in [2.75, 3.05) is 5.32 Å². The Kier molecular flexibility index (Phi) is 3.66. The molecule has 1 amide bonds. The summed E-state index contributed by atoms with van der Waals surface area (Å²) >= 11 is 0. The molecule has 21 heavy (non-hydrogen) atoms. The summed E-state index contributed by atoms with van der Waals surface area (Å²) in [4.78, 5) is 11.4. The fraction of sp³-hybridized carbons (Fsp3) is 0.588. The van der Waals surface area contributed by atoms with Crippen molar-refractivity contribution in [2.24, 2.45) is 11.1 Å². The minimum Gasteiger partial charge on any atom is -0.489 e. The number of amides is 1. The van der Waals surface area contributed by atoms with Gasteiger partial charge in [0.2, 0.25) is 5.91 Å². The lowest BCUT2D eigenvalue weighted by molar-refractivity contribution is -0.116. The lowest BCUT2D eigenvalue weighted by Gasteiger charge is -2.39. The minimum atomic E-state index is 0.0741. The molecule has 4 nitrogen and oxygen atoms in total. The molecule has 1 heterocycles. The van der Waals surface area contributed by atoms with Crippen molar-refractivity contribution >= 4 is 11.6 Å². The number of hydrogen-bond acceptors (Lipinski definition) is 3. The average molecular weight is 288 g/mol. The molecule has 3 N–H and O–H groups in total. The number of hydrogen-bond donors (Lipinski definition) is 2. The van der Waals surface area contributed by atoms with E-state index in [9.17, 15) is 4.79 Å². The van der Waals surface area contributed by atoms with Crippen LogP contribution in [0.4, 0.5) is 5.69 Å². The van der Waals surface area contributed by atoms with Crippen molar-refractivity contribution in [1.29, 1.82) is 0 Å². The van der Waals surface area contributed by atoms with Crippen LogP contribution >= 0.6 is 0 Å². The molecule has 0 saturated heterocycles. The van der Waals surface area contributed by atoms with Crippen LogP contribution in [0.2, 0.25) is 0 Å². The second kappa shape index (κ2) is 5.34. The van der Waals surface area contributed by atoms with Crippen LogP contribution in [0.15, 0.2) is 18.2 Å². The number of ether oxygens (including phenoxy) is 1. The quantitative estimate of drug-likeness (QED) is 0.879. The standard InChI is InChI=1S/C17H24N2O2/c1-17(2)8-7-13(18)15(10-17)21-12-4-5-14-11(9-12)3-6-16(20)19-14/h4-5,9,13,15H,3,6-8,10,18H2,1-2H3,(H,19,20). The molecule has 0 aromatic heterocycles. The van der Waals surface area contributed by atoms with Gasteiger partial charge in [-0.3, -0.25) is 4.79 Å². The second-order valence-electron chi connectivity index (χ2n) is 7.09. The number of nitrogens with one attached hydrogen (secondary N) is 1. The molecule has 1 aromatic rings. The number of benzene rings is 1. The molecular formula is C17H24N2O2. The van der Waals surface area contributed by atoms with Gasteiger partial charge in [-0.2, -0.15) is 0 Å². The van der Waals surface area contributed by atoms with Crippen LogP contribution < -0.4 is 15.8 Å². The molecule has 0 radical (unpaired) electrons. The summed E-state index contributed by atoms with van der Waals surface area (Å²) in [6, 6.07) is 6.01. The first-order chi connectivity index (χ1) is 9.93. The van der Waals surface area contributed by atoms with Crippen LogP contribution in [0.3, 0.4) is 0 Å². The maximum atomic E-state index is 11.4. The summed E-state index contributed by atoms with van der Waals surface area (Å²) in [5.41, 5.74) is 8.57. The fourth-order valence-corrected chi connectivity index (χ4v) is 3.28. The Hall–Kier alpha value is -1.55. The first kappa shape index (κ1) is 14.4. The predicted octanol–water partition coefficient (Wildman–Crippen LogP) is 2.86. The number of nitrogens with two attached hydrogens (primary N) is 1. The number of aryl methyl sites for hydroxylation is 1. The highest BCUT2D eigenvalue weighted by atomic mass is 16.5. The van der Waals surface area contributed by atoms with E-state index in [-0.39, 0.29) is 18.1 Å². The van der Waals surface area contributed by atoms with E-state index in [1.54, 1.807) is 0 Å². The van der Waals surface area contributed by atoms with Gasteiger partial charge in [-0.05, 0) is 54.9 Å². The Balaban J connectivity index is 1.74. The predicted molar refractivity (Wildman–Crippen MR) is 83.4 cm³/mol. The minimum absolute atomic E-state index is 0.0741. The molecule has 2 unspecified atom stereocenters. The van der Waals surface area contributed by atoms with Gasteiger partial charge in [0.05, 0.1) is 0 Å². The van der Waals surface area contributed by atoms with Crippen molar-refractivity contribution in [3.8, 4) is 5.75 Å². The summed E-state index contributed by atoms with van der Waals surface area (Å²) < 4.78 is 6.16. The van der Waals surface area contributed by atoms with Gasteiger partial charge in [-0.1, -0.05) is 13.8 Å². The first-order valence-electron chi connectivity index (χ1n) is 7.78. The van der Waals surface area contributed by atoms with Crippen LogP contribution in [0.1, 0.15) is 45.1 Å². The molecule has 4 heteroatoms. The zero-order chi connectivity index (χ0) is 15.0. The molecule has 2 atom stereocenters. The topological polar surface area (TPSA) is 64.3 Å². The van der Waals surface area contributed by atoms with Gasteiger partial charge in [0.25, 0.3) is 0 Å². The largest absolute Gasteiger partial charge is 0.489 e. The highest BCUT2D eigenvalue weighted by molar-refractivity contribution is 5.93. The van der Waals surface area contributed by atoms with Crippen molar-refractivity contribution in [3.05, 3.63) is 23.8 Å². The van der Waals surface area contributed by atoms with E-state index < -0.39 is 0 Å². The molecule has 114 valence electrons. The van der Waals surface area contributed by atoms with Crippen LogP contribution in [-0.2, 0) is 11.2 Å². The Morgan fingerprint density at radius 2 is 2.14 bits per heavy atom. The lowest BCUT2D eigenvalue weighted by Crippen LogP contribution is -2.46. The van der Waals surface area contributed by atoms with Crippen molar-refractivity contribution in [1.82, 2.24) is 0 Å². The fourth-order valence-electron chi connectivity index (χ4n) is 3.28. The van der Waals surface area contributed by atoms with E-state index in [4.69, 9.17) is 10.5 Å². The number of carbonyl (C=O) groups excluding carboxylic acids is 1. The third-order valence-electron chi connectivity index (χ3n) is 4.65. The van der Waals surface area contributed by atoms with Gasteiger partial charge in [0.15, 0.2) is 0 Å². The summed E-state index contributed by atoms with van der Waals surface area (Å²) in [6.07, 6.45) is 4.56. The molecule has 3 rings (SSSR count). The summed E-state index contributed by atoms with van der Waals surface area (Å²) in [5, 5.41) is 2.89.